The van der Waals surface area contributed by atoms with E-state index in [1.54, 1.807) is 0 Å². The number of ketones is 1. The Morgan fingerprint density at radius 3 is 3.12 bits per heavy atom. The van der Waals surface area contributed by atoms with Crippen molar-refractivity contribution in [2.75, 3.05) is 18.5 Å². The lowest BCUT2D eigenvalue weighted by atomic mass is 10.0. The number of carbonyl (C=O) groups is 1. The summed E-state index contributed by atoms with van der Waals surface area (Å²) in [6.45, 7) is 1.59. The number of allylic oxidation sites excluding steroid dienone is 1. The Kier molecular flexibility index (Phi) is 2.17. The Hall–Kier alpha value is -1.77. The molecule has 0 atom stereocenters. The van der Waals surface area contributed by atoms with E-state index in [2.05, 4.69) is 5.32 Å². The molecule has 0 saturated heterocycles. The average molecular weight is 215 g/mol. The second-order valence-electron chi connectivity index (χ2n) is 4.08. The van der Waals surface area contributed by atoms with Gasteiger partial charge in [-0.1, -0.05) is 12.1 Å². The van der Waals surface area contributed by atoms with Crippen molar-refractivity contribution in [3.63, 3.8) is 0 Å². The second kappa shape index (κ2) is 3.67. The van der Waals surface area contributed by atoms with Crippen molar-refractivity contribution in [2.45, 2.75) is 12.8 Å². The van der Waals surface area contributed by atoms with E-state index in [0.29, 0.717) is 17.9 Å². The van der Waals surface area contributed by atoms with Gasteiger partial charge in [0.25, 0.3) is 0 Å². The van der Waals surface area contributed by atoms with Crippen molar-refractivity contribution >= 4 is 11.5 Å². The topological polar surface area (TPSA) is 38.3 Å². The summed E-state index contributed by atoms with van der Waals surface area (Å²) < 4.78 is 5.28. The van der Waals surface area contributed by atoms with Crippen LogP contribution < -0.4 is 5.32 Å². The summed E-state index contributed by atoms with van der Waals surface area (Å²) in [5.41, 5.74) is 3.09. The van der Waals surface area contributed by atoms with E-state index in [1.165, 1.54) is 5.56 Å². The Labute approximate surface area is 94.1 Å². The second-order valence-corrected chi connectivity index (χ2v) is 4.08. The molecular formula is C13H13NO2. The molecule has 0 aliphatic carbocycles. The third kappa shape index (κ3) is 1.48. The van der Waals surface area contributed by atoms with Crippen LogP contribution in [0.2, 0.25) is 0 Å². The molecule has 3 rings (SSSR count). The van der Waals surface area contributed by atoms with E-state index in [0.717, 1.165) is 25.1 Å². The molecule has 0 saturated carbocycles. The quantitative estimate of drug-likeness (QED) is 0.768. The average Bonchev–Trinajstić information content (AvgIpc) is 2.98. The van der Waals surface area contributed by atoms with Crippen LogP contribution in [0.3, 0.4) is 0 Å². The normalized spacial score (nSPS) is 17.4. The highest BCUT2D eigenvalue weighted by Crippen LogP contribution is 2.25. The Morgan fingerprint density at radius 2 is 2.31 bits per heavy atom. The summed E-state index contributed by atoms with van der Waals surface area (Å²) in [7, 11) is 0. The molecule has 3 nitrogen and oxygen atoms in total. The predicted octanol–water partition coefficient (Wildman–Crippen LogP) is 2.14. The molecule has 2 aliphatic heterocycles. The van der Waals surface area contributed by atoms with Crippen molar-refractivity contribution in [1.29, 1.82) is 0 Å². The maximum absolute atomic E-state index is 12.0. The minimum Gasteiger partial charge on any atom is -0.489 e. The van der Waals surface area contributed by atoms with Crippen LogP contribution in [-0.2, 0) is 11.2 Å². The van der Waals surface area contributed by atoms with Crippen LogP contribution in [0.15, 0.2) is 30.0 Å². The van der Waals surface area contributed by atoms with Crippen molar-refractivity contribution in [2.24, 2.45) is 0 Å². The first-order chi connectivity index (χ1) is 7.84. The van der Waals surface area contributed by atoms with E-state index in [1.807, 2.05) is 24.3 Å². The fourth-order valence-electron chi connectivity index (χ4n) is 2.15. The molecule has 82 valence electrons. The highest BCUT2D eigenvalue weighted by Gasteiger charge is 2.19. The molecule has 0 radical (unpaired) electrons. The predicted molar refractivity (Wildman–Crippen MR) is 61.6 cm³/mol. The first-order valence-corrected chi connectivity index (χ1v) is 5.59. The molecule has 0 spiro atoms. The lowest BCUT2D eigenvalue weighted by molar-refractivity contribution is 0.0942. The van der Waals surface area contributed by atoms with E-state index < -0.39 is 0 Å². The van der Waals surface area contributed by atoms with Gasteiger partial charge in [0, 0.05) is 24.2 Å². The maximum atomic E-state index is 12.0. The standard InChI is InChI=1S/C13H13NO2/c15-13(12-2-1-7-16-12)10-4-3-9-5-6-14-11(9)8-10/h2-4,8,14H,1,5-7H2. The van der Waals surface area contributed by atoms with Gasteiger partial charge in [-0.25, -0.2) is 0 Å². The number of carbonyl (C=O) groups excluding carboxylic acids is 1. The highest BCUT2D eigenvalue weighted by atomic mass is 16.5. The zero-order valence-electron chi connectivity index (χ0n) is 8.95. The summed E-state index contributed by atoms with van der Waals surface area (Å²) in [6.07, 6.45) is 3.75. The van der Waals surface area contributed by atoms with Gasteiger partial charge >= 0.3 is 0 Å². The number of anilines is 1. The number of hydrogen-bond acceptors (Lipinski definition) is 3. The van der Waals surface area contributed by atoms with Crippen LogP contribution in [0.25, 0.3) is 0 Å². The van der Waals surface area contributed by atoms with Gasteiger partial charge in [0.15, 0.2) is 5.76 Å². The van der Waals surface area contributed by atoms with E-state index >= 15 is 0 Å². The molecule has 0 amide bonds. The van der Waals surface area contributed by atoms with Gasteiger partial charge < -0.3 is 10.1 Å². The molecule has 1 aromatic carbocycles. The van der Waals surface area contributed by atoms with Gasteiger partial charge in [-0.2, -0.15) is 0 Å². The number of benzene rings is 1. The van der Waals surface area contributed by atoms with Crippen LogP contribution in [0.1, 0.15) is 22.3 Å². The first-order valence-electron chi connectivity index (χ1n) is 5.59. The monoisotopic (exact) mass is 215 g/mol. The van der Waals surface area contributed by atoms with Crippen molar-refractivity contribution in [3.8, 4) is 0 Å². The van der Waals surface area contributed by atoms with Crippen molar-refractivity contribution < 1.29 is 9.53 Å². The van der Waals surface area contributed by atoms with E-state index in [4.69, 9.17) is 4.74 Å². The number of hydrogen-bond donors (Lipinski definition) is 1. The van der Waals surface area contributed by atoms with Gasteiger partial charge in [0.1, 0.15) is 0 Å². The molecule has 1 N–H and O–H groups in total. The number of Topliss-reactive ketones (excluding diaryl/α,β-unsaturated/α-hetero) is 1. The smallest absolute Gasteiger partial charge is 0.227 e. The van der Waals surface area contributed by atoms with E-state index in [9.17, 15) is 4.79 Å². The van der Waals surface area contributed by atoms with Crippen LogP contribution >= 0.6 is 0 Å². The highest BCUT2D eigenvalue weighted by molar-refractivity contribution is 6.08. The molecule has 1 aromatic rings. The fraction of sp³-hybridized carbons (Fsp3) is 0.308. The lowest BCUT2D eigenvalue weighted by Gasteiger charge is -2.05. The van der Waals surface area contributed by atoms with Crippen LogP contribution in [-0.4, -0.2) is 18.9 Å². The molecule has 2 aliphatic rings. The largest absolute Gasteiger partial charge is 0.489 e. The molecule has 0 unspecified atom stereocenters. The SMILES string of the molecule is O=C(C1=CCCO1)c1ccc2c(c1)NCC2. The molecule has 3 heteroatoms. The molecule has 16 heavy (non-hydrogen) atoms. The van der Waals surface area contributed by atoms with Gasteiger partial charge in [-0.3, -0.25) is 4.79 Å². The van der Waals surface area contributed by atoms with Crippen molar-refractivity contribution in [1.82, 2.24) is 0 Å². The minimum atomic E-state index is -0.00556. The zero-order chi connectivity index (χ0) is 11.0. The van der Waals surface area contributed by atoms with E-state index in [-0.39, 0.29) is 5.78 Å². The number of nitrogens with one attached hydrogen (secondary N) is 1. The molecule has 0 bridgehead atoms. The fourth-order valence-corrected chi connectivity index (χ4v) is 2.15. The molecular weight excluding hydrogens is 202 g/mol. The van der Waals surface area contributed by atoms with Crippen molar-refractivity contribution in [3.05, 3.63) is 41.2 Å². The third-order valence-electron chi connectivity index (χ3n) is 3.01. The Morgan fingerprint density at radius 1 is 1.38 bits per heavy atom. The summed E-state index contributed by atoms with van der Waals surface area (Å²) in [5, 5.41) is 3.27. The number of rotatable bonds is 2. The van der Waals surface area contributed by atoms with Crippen LogP contribution in [0.4, 0.5) is 5.69 Å². The third-order valence-corrected chi connectivity index (χ3v) is 3.01. The summed E-state index contributed by atoms with van der Waals surface area (Å²) in [6, 6.07) is 5.84. The molecule has 0 aromatic heterocycles. The van der Waals surface area contributed by atoms with Gasteiger partial charge in [0.2, 0.25) is 5.78 Å². The molecule has 0 fully saturated rings. The zero-order valence-corrected chi connectivity index (χ0v) is 8.95. The van der Waals surface area contributed by atoms with Crippen LogP contribution in [0, 0.1) is 0 Å². The Bertz CT molecular complexity index is 477. The number of ether oxygens (including phenoxy) is 1. The first kappa shape index (κ1) is 9.46. The van der Waals surface area contributed by atoms with Gasteiger partial charge in [-0.15, -0.1) is 0 Å². The molecule has 2 heterocycles. The summed E-state index contributed by atoms with van der Waals surface area (Å²) in [5.74, 6) is 0.493. The maximum Gasteiger partial charge on any atom is 0.227 e. The van der Waals surface area contributed by atoms with Gasteiger partial charge in [-0.05, 0) is 24.1 Å². The van der Waals surface area contributed by atoms with Gasteiger partial charge in [0.05, 0.1) is 6.61 Å². The summed E-state index contributed by atoms with van der Waals surface area (Å²) >= 11 is 0. The summed E-state index contributed by atoms with van der Waals surface area (Å²) in [4.78, 5) is 12.0. The lowest BCUT2D eigenvalue weighted by Crippen LogP contribution is -2.04. The number of fused-ring (bicyclic) bond motifs is 1. The Balaban J connectivity index is 1.92. The minimum absolute atomic E-state index is 0.00556. The van der Waals surface area contributed by atoms with Crippen LogP contribution in [0.5, 0.6) is 0 Å².